The number of nitrogens with one attached hydrogen (secondary N) is 2. The first-order chi connectivity index (χ1) is 15.4. The highest BCUT2D eigenvalue weighted by Crippen LogP contribution is 2.20. The number of amides is 3. The van der Waals surface area contributed by atoms with Gasteiger partial charge < -0.3 is 10.1 Å². The molecule has 3 aromatic rings. The number of ether oxygens (including phenoxy) is 1. The van der Waals surface area contributed by atoms with E-state index in [9.17, 15) is 19.2 Å². The van der Waals surface area contributed by atoms with E-state index in [0.29, 0.717) is 17.7 Å². The average Bonchev–Trinajstić information content (AvgIpc) is 3.10. The van der Waals surface area contributed by atoms with Crippen molar-refractivity contribution >= 4 is 40.2 Å². The van der Waals surface area contributed by atoms with Crippen molar-refractivity contribution in [2.45, 2.75) is 25.9 Å². The fourth-order valence-electron chi connectivity index (χ4n) is 3.63. The van der Waals surface area contributed by atoms with Crippen molar-refractivity contribution in [2.75, 3.05) is 5.32 Å². The van der Waals surface area contributed by atoms with Gasteiger partial charge in [-0.1, -0.05) is 42.5 Å². The molecule has 1 aliphatic rings. The molecule has 2 unspecified atom stereocenters. The molecule has 0 saturated carbocycles. The molecule has 3 amide bonds. The second-order valence-electron chi connectivity index (χ2n) is 7.81. The van der Waals surface area contributed by atoms with Crippen LogP contribution in [0, 0.1) is 5.92 Å². The van der Waals surface area contributed by atoms with Crippen LogP contribution < -0.4 is 10.6 Å². The van der Waals surface area contributed by atoms with Crippen molar-refractivity contribution in [2.24, 2.45) is 5.92 Å². The van der Waals surface area contributed by atoms with Crippen molar-refractivity contribution in [1.82, 2.24) is 5.32 Å². The van der Waals surface area contributed by atoms with Gasteiger partial charge in [0.2, 0.25) is 11.8 Å². The fraction of sp³-hybridized carbons (Fsp3) is 0.200. The standard InChI is InChI=1S/C25H22N2O5/c1-15(23(29)26-21-11-10-17-4-2-3-5-19(17)13-21)32-25(31)18-8-6-16(7-9-18)12-20-14-22(28)27-24(20)30/h2-11,13,15,20H,12,14H2,1H3,(H,26,29)(H,27,28,30). The van der Waals surface area contributed by atoms with E-state index in [-0.39, 0.29) is 24.2 Å². The maximum atomic E-state index is 12.5. The van der Waals surface area contributed by atoms with Gasteiger partial charge in [0.1, 0.15) is 0 Å². The van der Waals surface area contributed by atoms with Gasteiger partial charge in [0.25, 0.3) is 5.91 Å². The summed E-state index contributed by atoms with van der Waals surface area (Å²) in [7, 11) is 0. The molecular formula is C25H22N2O5. The maximum absolute atomic E-state index is 12.5. The lowest BCUT2D eigenvalue weighted by Gasteiger charge is -2.14. The van der Waals surface area contributed by atoms with E-state index in [4.69, 9.17) is 4.74 Å². The molecule has 3 aromatic carbocycles. The van der Waals surface area contributed by atoms with Crippen LogP contribution in [0.2, 0.25) is 0 Å². The maximum Gasteiger partial charge on any atom is 0.338 e. The summed E-state index contributed by atoms with van der Waals surface area (Å²) in [6.45, 7) is 1.51. The van der Waals surface area contributed by atoms with E-state index < -0.39 is 18.0 Å². The third-order valence-electron chi connectivity index (χ3n) is 5.41. The van der Waals surface area contributed by atoms with Crippen molar-refractivity contribution in [1.29, 1.82) is 0 Å². The van der Waals surface area contributed by atoms with Crippen LogP contribution in [0.3, 0.4) is 0 Å². The predicted octanol–water partition coefficient (Wildman–Crippen LogP) is 3.23. The Bertz CT molecular complexity index is 1200. The van der Waals surface area contributed by atoms with Gasteiger partial charge >= 0.3 is 5.97 Å². The second-order valence-corrected chi connectivity index (χ2v) is 7.81. The predicted molar refractivity (Wildman–Crippen MR) is 119 cm³/mol. The van der Waals surface area contributed by atoms with Crippen molar-refractivity contribution in [3.63, 3.8) is 0 Å². The number of carbonyl (C=O) groups excluding carboxylic acids is 4. The number of imide groups is 1. The summed E-state index contributed by atoms with van der Waals surface area (Å²) in [6, 6.07) is 20.0. The average molecular weight is 430 g/mol. The number of carbonyl (C=O) groups is 4. The van der Waals surface area contributed by atoms with Crippen LogP contribution in [0.1, 0.15) is 29.3 Å². The molecule has 1 aliphatic heterocycles. The molecule has 2 atom stereocenters. The van der Waals surface area contributed by atoms with Crippen molar-refractivity contribution in [3.05, 3.63) is 77.9 Å². The minimum atomic E-state index is -0.984. The summed E-state index contributed by atoms with van der Waals surface area (Å²) in [5.74, 6) is -1.98. The van der Waals surface area contributed by atoms with Crippen LogP contribution in [0.5, 0.6) is 0 Å². The Balaban J connectivity index is 1.33. The highest BCUT2D eigenvalue weighted by atomic mass is 16.5. The van der Waals surface area contributed by atoms with E-state index in [2.05, 4.69) is 10.6 Å². The number of rotatable bonds is 6. The third-order valence-corrected chi connectivity index (χ3v) is 5.41. The van der Waals surface area contributed by atoms with Gasteiger partial charge in [-0.05, 0) is 53.9 Å². The summed E-state index contributed by atoms with van der Waals surface area (Å²) >= 11 is 0. The van der Waals surface area contributed by atoms with E-state index in [1.165, 1.54) is 6.92 Å². The van der Waals surface area contributed by atoms with Crippen LogP contribution in [-0.2, 0) is 25.5 Å². The van der Waals surface area contributed by atoms with Crippen LogP contribution in [0.15, 0.2) is 66.7 Å². The lowest BCUT2D eigenvalue weighted by atomic mass is 9.97. The second kappa shape index (κ2) is 9.01. The number of hydrogen-bond acceptors (Lipinski definition) is 5. The zero-order valence-corrected chi connectivity index (χ0v) is 17.5. The Labute approximate surface area is 184 Å². The van der Waals surface area contributed by atoms with Crippen molar-refractivity contribution < 1.29 is 23.9 Å². The molecule has 1 heterocycles. The van der Waals surface area contributed by atoms with Gasteiger partial charge in [-0.15, -0.1) is 0 Å². The molecule has 0 bridgehead atoms. The van der Waals surface area contributed by atoms with Crippen LogP contribution >= 0.6 is 0 Å². The lowest BCUT2D eigenvalue weighted by Crippen LogP contribution is -2.30. The molecule has 4 rings (SSSR count). The fourth-order valence-corrected chi connectivity index (χ4v) is 3.63. The first-order valence-corrected chi connectivity index (χ1v) is 10.3. The Morgan fingerprint density at radius 3 is 2.44 bits per heavy atom. The van der Waals surface area contributed by atoms with Crippen LogP contribution in [0.25, 0.3) is 10.8 Å². The summed E-state index contributed by atoms with van der Waals surface area (Å²) in [5.41, 5.74) is 1.75. The zero-order valence-electron chi connectivity index (χ0n) is 17.5. The summed E-state index contributed by atoms with van der Waals surface area (Å²) in [5, 5.41) is 7.11. The topological polar surface area (TPSA) is 102 Å². The molecule has 0 aromatic heterocycles. The number of hydrogen-bond donors (Lipinski definition) is 2. The molecule has 1 saturated heterocycles. The quantitative estimate of drug-likeness (QED) is 0.462. The van der Waals surface area contributed by atoms with E-state index >= 15 is 0 Å². The van der Waals surface area contributed by atoms with Gasteiger partial charge in [-0.25, -0.2) is 4.79 Å². The van der Waals surface area contributed by atoms with Crippen LogP contribution in [-0.4, -0.2) is 29.8 Å². The number of benzene rings is 3. The number of fused-ring (bicyclic) bond motifs is 1. The van der Waals surface area contributed by atoms with Gasteiger partial charge in [-0.2, -0.15) is 0 Å². The summed E-state index contributed by atoms with van der Waals surface area (Å²) < 4.78 is 5.30. The molecule has 162 valence electrons. The van der Waals surface area contributed by atoms with Crippen LogP contribution in [0.4, 0.5) is 5.69 Å². The SMILES string of the molecule is CC(OC(=O)c1ccc(CC2CC(=O)NC2=O)cc1)C(=O)Nc1ccc2ccccc2c1. The van der Waals surface area contributed by atoms with E-state index in [1.54, 1.807) is 30.3 Å². The lowest BCUT2D eigenvalue weighted by molar-refractivity contribution is -0.126. The Kier molecular flexibility index (Phi) is 5.98. The molecule has 2 N–H and O–H groups in total. The Morgan fingerprint density at radius 1 is 1.03 bits per heavy atom. The summed E-state index contributed by atoms with van der Waals surface area (Å²) in [6.07, 6.45) is -0.397. The van der Waals surface area contributed by atoms with Gasteiger partial charge in [-0.3, -0.25) is 19.7 Å². The normalized spacial score (nSPS) is 16.5. The third kappa shape index (κ3) is 4.83. The molecule has 7 heteroatoms. The van der Waals surface area contributed by atoms with Crippen molar-refractivity contribution in [3.8, 4) is 0 Å². The van der Waals surface area contributed by atoms with E-state index in [0.717, 1.165) is 16.3 Å². The molecular weight excluding hydrogens is 408 g/mol. The highest BCUT2D eigenvalue weighted by molar-refractivity contribution is 6.03. The molecule has 32 heavy (non-hydrogen) atoms. The van der Waals surface area contributed by atoms with E-state index in [1.807, 2.05) is 36.4 Å². The number of anilines is 1. The molecule has 7 nitrogen and oxygen atoms in total. The Morgan fingerprint density at radius 2 is 1.75 bits per heavy atom. The number of esters is 1. The summed E-state index contributed by atoms with van der Waals surface area (Å²) in [4.78, 5) is 47.9. The monoisotopic (exact) mass is 430 g/mol. The van der Waals surface area contributed by atoms with Gasteiger partial charge in [0.05, 0.1) is 11.5 Å². The minimum Gasteiger partial charge on any atom is -0.449 e. The molecule has 0 spiro atoms. The first-order valence-electron chi connectivity index (χ1n) is 10.3. The minimum absolute atomic E-state index is 0.173. The Hall–Kier alpha value is -4.00. The highest BCUT2D eigenvalue weighted by Gasteiger charge is 2.30. The molecule has 0 radical (unpaired) electrons. The largest absolute Gasteiger partial charge is 0.449 e. The van der Waals surface area contributed by atoms with Gasteiger partial charge in [0.15, 0.2) is 6.10 Å². The molecule has 0 aliphatic carbocycles. The van der Waals surface area contributed by atoms with Gasteiger partial charge in [0, 0.05) is 12.1 Å². The first kappa shape index (κ1) is 21.2. The zero-order chi connectivity index (χ0) is 22.7. The smallest absolute Gasteiger partial charge is 0.338 e. The molecule has 1 fully saturated rings.